The van der Waals surface area contributed by atoms with Crippen LogP contribution in [0.3, 0.4) is 0 Å². The van der Waals surface area contributed by atoms with E-state index in [9.17, 15) is 0 Å². The first-order chi connectivity index (χ1) is 6.33. The maximum Gasteiger partial charge on any atom is 0.0994 e. The molecule has 1 nitrogen and oxygen atoms in total. The van der Waals surface area contributed by atoms with E-state index in [2.05, 4.69) is 26.0 Å². The number of rotatable bonds is 3. The first-order valence-electron chi connectivity index (χ1n) is 4.84. The van der Waals surface area contributed by atoms with E-state index in [1.807, 2.05) is 12.1 Å². The average Bonchev–Trinajstić information content (AvgIpc) is 2.18. The molecule has 0 saturated heterocycles. The van der Waals surface area contributed by atoms with Gasteiger partial charge < -0.3 is 0 Å². The van der Waals surface area contributed by atoms with E-state index in [0.717, 1.165) is 24.8 Å². The third kappa shape index (κ3) is 2.09. The summed E-state index contributed by atoms with van der Waals surface area (Å²) in [5, 5.41) is 8.89. The van der Waals surface area contributed by atoms with Crippen LogP contribution < -0.4 is 0 Å². The number of nitriles is 1. The summed E-state index contributed by atoms with van der Waals surface area (Å²) in [6.07, 6.45) is 3.18. The van der Waals surface area contributed by atoms with Gasteiger partial charge in [0, 0.05) is 0 Å². The topological polar surface area (TPSA) is 23.8 Å². The molecule has 0 N–H and O–H groups in total. The number of hydrogen-bond acceptors (Lipinski definition) is 1. The zero-order chi connectivity index (χ0) is 9.68. The minimum Gasteiger partial charge on any atom is -0.192 e. The normalized spacial score (nSPS) is 9.62. The maximum absolute atomic E-state index is 8.89. The van der Waals surface area contributed by atoms with Crippen LogP contribution in [-0.4, -0.2) is 0 Å². The molecule has 1 rings (SSSR count). The lowest BCUT2D eigenvalue weighted by molar-refractivity contribution is 0.897. The van der Waals surface area contributed by atoms with Crippen molar-refractivity contribution in [2.75, 3.05) is 0 Å². The Labute approximate surface area is 80.0 Å². The lowest BCUT2D eigenvalue weighted by Crippen LogP contribution is -1.95. The molecule has 68 valence electrons. The monoisotopic (exact) mass is 173 g/mol. The summed E-state index contributed by atoms with van der Waals surface area (Å²) >= 11 is 0. The van der Waals surface area contributed by atoms with Gasteiger partial charge in [0.2, 0.25) is 0 Å². The molecule has 0 aliphatic rings. The molecule has 0 aromatic heterocycles. The van der Waals surface area contributed by atoms with E-state index in [4.69, 9.17) is 5.26 Å². The summed E-state index contributed by atoms with van der Waals surface area (Å²) in [6.45, 7) is 4.27. The maximum atomic E-state index is 8.89. The van der Waals surface area contributed by atoms with Gasteiger partial charge in [-0.15, -0.1) is 0 Å². The van der Waals surface area contributed by atoms with Gasteiger partial charge in [0.1, 0.15) is 0 Å². The molecule has 1 aromatic carbocycles. The predicted octanol–water partition coefficient (Wildman–Crippen LogP) is 3.07. The predicted molar refractivity (Wildman–Crippen MR) is 54.5 cm³/mol. The standard InChI is InChI=1S/C12H15N/c1-3-6-10-7-5-8-11(9-13)12(10)4-2/h5,7-8H,3-4,6H2,1-2H3. The fraction of sp³-hybridized carbons (Fsp3) is 0.417. The molecule has 0 saturated carbocycles. The molecule has 0 atom stereocenters. The molecule has 0 heterocycles. The second-order valence-corrected chi connectivity index (χ2v) is 3.16. The van der Waals surface area contributed by atoms with Crippen LogP contribution >= 0.6 is 0 Å². The van der Waals surface area contributed by atoms with Crippen molar-refractivity contribution in [3.63, 3.8) is 0 Å². The highest BCUT2D eigenvalue weighted by atomic mass is 14.2. The third-order valence-electron chi connectivity index (χ3n) is 2.27. The molecule has 1 heteroatoms. The van der Waals surface area contributed by atoms with E-state index < -0.39 is 0 Å². The third-order valence-corrected chi connectivity index (χ3v) is 2.27. The smallest absolute Gasteiger partial charge is 0.0994 e. The first kappa shape index (κ1) is 9.80. The van der Waals surface area contributed by atoms with Crippen molar-refractivity contribution in [3.8, 4) is 6.07 Å². The molecule has 0 aliphatic carbocycles. The highest BCUT2D eigenvalue weighted by molar-refractivity contribution is 5.42. The molecule has 0 spiro atoms. The van der Waals surface area contributed by atoms with Crippen molar-refractivity contribution in [3.05, 3.63) is 34.9 Å². The van der Waals surface area contributed by atoms with Gasteiger partial charge in [-0.1, -0.05) is 32.4 Å². The van der Waals surface area contributed by atoms with Gasteiger partial charge in [-0.2, -0.15) is 5.26 Å². The molecule has 0 bridgehead atoms. The molecular formula is C12H15N. The van der Waals surface area contributed by atoms with Crippen molar-refractivity contribution < 1.29 is 0 Å². The Bertz CT molecular complexity index is 320. The fourth-order valence-corrected chi connectivity index (χ4v) is 1.66. The Morgan fingerprint density at radius 1 is 1.31 bits per heavy atom. The van der Waals surface area contributed by atoms with Crippen LogP contribution in [0, 0.1) is 11.3 Å². The van der Waals surface area contributed by atoms with E-state index >= 15 is 0 Å². The average molecular weight is 173 g/mol. The minimum absolute atomic E-state index is 0.841. The molecule has 0 fully saturated rings. The first-order valence-corrected chi connectivity index (χ1v) is 4.84. The van der Waals surface area contributed by atoms with Crippen molar-refractivity contribution in [1.29, 1.82) is 5.26 Å². The van der Waals surface area contributed by atoms with Gasteiger partial charge in [-0.3, -0.25) is 0 Å². The molecule has 0 radical (unpaired) electrons. The number of benzene rings is 1. The van der Waals surface area contributed by atoms with Crippen LogP contribution in [-0.2, 0) is 12.8 Å². The van der Waals surface area contributed by atoms with E-state index in [0.29, 0.717) is 0 Å². The number of hydrogen-bond donors (Lipinski definition) is 0. The Hall–Kier alpha value is -1.29. The van der Waals surface area contributed by atoms with E-state index in [1.54, 1.807) is 0 Å². The van der Waals surface area contributed by atoms with Crippen LogP contribution in [0.4, 0.5) is 0 Å². The van der Waals surface area contributed by atoms with Crippen molar-refractivity contribution in [2.24, 2.45) is 0 Å². The van der Waals surface area contributed by atoms with Gasteiger partial charge in [-0.25, -0.2) is 0 Å². The van der Waals surface area contributed by atoms with Crippen molar-refractivity contribution in [2.45, 2.75) is 33.1 Å². The molecule has 0 amide bonds. The summed E-state index contributed by atoms with van der Waals surface area (Å²) in [6, 6.07) is 8.25. The summed E-state index contributed by atoms with van der Waals surface area (Å²) < 4.78 is 0. The second kappa shape index (κ2) is 4.67. The Kier molecular flexibility index (Phi) is 3.52. The summed E-state index contributed by atoms with van der Waals surface area (Å²) in [5.41, 5.74) is 3.41. The minimum atomic E-state index is 0.841. The van der Waals surface area contributed by atoms with Crippen LogP contribution in [0.5, 0.6) is 0 Å². The second-order valence-electron chi connectivity index (χ2n) is 3.16. The van der Waals surface area contributed by atoms with Gasteiger partial charge in [-0.05, 0) is 30.0 Å². The molecule has 1 aromatic rings. The SMILES string of the molecule is CCCc1cccc(C#N)c1CC. The molecular weight excluding hydrogens is 158 g/mol. The van der Waals surface area contributed by atoms with Crippen molar-refractivity contribution in [1.82, 2.24) is 0 Å². The lowest BCUT2D eigenvalue weighted by Gasteiger charge is -2.07. The number of nitrogens with zero attached hydrogens (tertiary/aromatic N) is 1. The Morgan fingerprint density at radius 2 is 2.08 bits per heavy atom. The summed E-state index contributed by atoms with van der Waals surface area (Å²) in [4.78, 5) is 0. The highest BCUT2D eigenvalue weighted by Crippen LogP contribution is 2.16. The van der Waals surface area contributed by atoms with Crippen LogP contribution in [0.25, 0.3) is 0 Å². The Balaban J connectivity index is 3.13. The van der Waals surface area contributed by atoms with Gasteiger partial charge in [0.15, 0.2) is 0 Å². The largest absolute Gasteiger partial charge is 0.192 e. The van der Waals surface area contributed by atoms with Crippen LogP contribution in [0.15, 0.2) is 18.2 Å². The molecule has 13 heavy (non-hydrogen) atoms. The van der Waals surface area contributed by atoms with Crippen LogP contribution in [0.1, 0.15) is 37.0 Å². The fourth-order valence-electron chi connectivity index (χ4n) is 1.66. The van der Waals surface area contributed by atoms with Gasteiger partial charge in [0.25, 0.3) is 0 Å². The zero-order valence-electron chi connectivity index (χ0n) is 8.30. The molecule has 0 unspecified atom stereocenters. The van der Waals surface area contributed by atoms with Crippen LogP contribution in [0.2, 0.25) is 0 Å². The van der Waals surface area contributed by atoms with Gasteiger partial charge >= 0.3 is 0 Å². The van der Waals surface area contributed by atoms with E-state index in [-0.39, 0.29) is 0 Å². The number of aryl methyl sites for hydroxylation is 1. The lowest BCUT2D eigenvalue weighted by atomic mass is 9.97. The summed E-state index contributed by atoms with van der Waals surface area (Å²) in [7, 11) is 0. The van der Waals surface area contributed by atoms with Crippen molar-refractivity contribution >= 4 is 0 Å². The summed E-state index contributed by atoms with van der Waals surface area (Å²) in [5.74, 6) is 0. The quantitative estimate of drug-likeness (QED) is 0.689. The highest BCUT2D eigenvalue weighted by Gasteiger charge is 2.04. The molecule has 0 aliphatic heterocycles. The van der Waals surface area contributed by atoms with E-state index in [1.165, 1.54) is 11.1 Å². The van der Waals surface area contributed by atoms with Gasteiger partial charge in [0.05, 0.1) is 11.6 Å². The Morgan fingerprint density at radius 3 is 2.62 bits per heavy atom. The zero-order valence-corrected chi connectivity index (χ0v) is 8.30.